The molecule has 0 nitrogen and oxygen atoms in total. The Morgan fingerprint density at radius 2 is 1.24 bits per heavy atom. The molecule has 0 aliphatic carbocycles. The molecular weight excluding hydrogens is 415 g/mol. The summed E-state index contributed by atoms with van der Waals surface area (Å²) in [7, 11) is -0.448. The van der Waals surface area contributed by atoms with Crippen LogP contribution in [-0.2, 0) is 6.42 Å². The minimum atomic E-state index is -0.448. The second-order valence-corrected chi connectivity index (χ2v) is 15.1. The van der Waals surface area contributed by atoms with E-state index < -0.39 is 7.92 Å². The van der Waals surface area contributed by atoms with Crippen molar-refractivity contribution in [1.29, 1.82) is 0 Å². The molecule has 4 aromatic carbocycles. The first-order valence-electron chi connectivity index (χ1n) is 12.5. The SMILES string of the molecule is CCCCc1cc2ccccc2c(-c2cccc3ccccc23)c1P(C(C)(C)C)C(C)(C)C. The minimum absolute atomic E-state index is 0.205. The molecule has 33 heavy (non-hydrogen) atoms. The number of fused-ring (bicyclic) bond motifs is 2. The average molecular weight is 455 g/mol. The van der Waals surface area contributed by atoms with Gasteiger partial charge in [0.25, 0.3) is 0 Å². The molecule has 0 unspecified atom stereocenters. The first-order valence-corrected chi connectivity index (χ1v) is 13.8. The Kier molecular flexibility index (Phi) is 6.70. The lowest BCUT2D eigenvalue weighted by molar-refractivity contribution is 0.714. The first kappa shape index (κ1) is 24.0. The zero-order valence-corrected chi connectivity index (χ0v) is 22.4. The summed E-state index contributed by atoms with van der Waals surface area (Å²) in [5.41, 5.74) is 4.43. The number of aryl methyl sites for hydroxylation is 1. The van der Waals surface area contributed by atoms with Crippen molar-refractivity contribution in [2.75, 3.05) is 0 Å². The van der Waals surface area contributed by atoms with Crippen LogP contribution in [0.2, 0.25) is 0 Å². The Labute approximate surface area is 202 Å². The molecule has 0 aromatic heterocycles. The van der Waals surface area contributed by atoms with Crippen LogP contribution in [0.15, 0.2) is 72.8 Å². The van der Waals surface area contributed by atoms with E-state index in [9.17, 15) is 0 Å². The molecule has 0 aliphatic rings. The minimum Gasteiger partial charge on any atom is -0.0654 e. The van der Waals surface area contributed by atoms with Crippen molar-refractivity contribution < 1.29 is 0 Å². The number of benzene rings is 4. The summed E-state index contributed by atoms with van der Waals surface area (Å²) >= 11 is 0. The maximum atomic E-state index is 2.52. The molecule has 4 aromatic rings. The van der Waals surface area contributed by atoms with Gasteiger partial charge in [-0.15, -0.1) is 0 Å². The van der Waals surface area contributed by atoms with Crippen molar-refractivity contribution in [2.24, 2.45) is 0 Å². The highest BCUT2D eigenvalue weighted by atomic mass is 31.1. The molecule has 0 radical (unpaired) electrons. The average Bonchev–Trinajstić information content (AvgIpc) is 2.75. The maximum Gasteiger partial charge on any atom is -0.00190 e. The molecule has 0 saturated carbocycles. The highest BCUT2D eigenvalue weighted by Gasteiger charge is 2.39. The van der Waals surface area contributed by atoms with Gasteiger partial charge in [-0.3, -0.25) is 0 Å². The molecule has 0 saturated heterocycles. The quantitative estimate of drug-likeness (QED) is 0.263. The Morgan fingerprint density at radius 1 is 0.667 bits per heavy atom. The Morgan fingerprint density at radius 3 is 1.88 bits per heavy atom. The zero-order chi connectivity index (χ0) is 23.8. The van der Waals surface area contributed by atoms with Gasteiger partial charge >= 0.3 is 0 Å². The van der Waals surface area contributed by atoms with Gasteiger partial charge in [-0.2, -0.15) is 0 Å². The van der Waals surface area contributed by atoms with E-state index in [1.165, 1.54) is 45.5 Å². The van der Waals surface area contributed by atoms with Crippen molar-refractivity contribution in [3.8, 4) is 11.1 Å². The van der Waals surface area contributed by atoms with E-state index in [1.807, 2.05) is 0 Å². The summed E-state index contributed by atoms with van der Waals surface area (Å²) in [6.45, 7) is 17.0. The summed E-state index contributed by atoms with van der Waals surface area (Å²) in [5, 5.41) is 7.48. The number of rotatable bonds is 5. The summed E-state index contributed by atoms with van der Waals surface area (Å²) in [5.74, 6) is 0. The molecule has 0 bridgehead atoms. The van der Waals surface area contributed by atoms with Crippen LogP contribution in [0.5, 0.6) is 0 Å². The molecule has 0 N–H and O–H groups in total. The predicted molar refractivity (Wildman–Crippen MR) is 152 cm³/mol. The lowest BCUT2D eigenvalue weighted by Gasteiger charge is -2.44. The van der Waals surface area contributed by atoms with E-state index in [4.69, 9.17) is 0 Å². The van der Waals surface area contributed by atoms with Gasteiger partial charge in [0.1, 0.15) is 0 Å². The largest absolute Gasteiger partial charge is 0.0654 e. The van der Waals surface area contributed by atoms with Crippen LogP contribution in [-0.4, -0.2) is 10.3 Å². The van der Waals surface area contributed by atoms with Crippen molar-refractivity contribution in [3.63, 3.8) is 0 Å². The van der Waals surface area contributed by atoms with Crippen LogP contribution in [0.4, 0.5) is 0 Å². The standard InChI is InChI=1S/C32H39P/c1-8-9-15-25-22-24-17-11-13-20-27(24)29(30(25)33(31(2,3)4)32(5,6)7)28-21-14-18-23-16-10-12-19-26(23)28/h10-14,16-22H,8-9,15H2,1-7H3. The fourth-order valence-corrected chi connectivity index (χ4v) is 9.88. The second kappa shape index (κ2) is 9.23. The Balaban J connectivity index is 2.21. The van der Waals surface area contributed by atoms with Crippen LogP contribution in [0, 0.1) is 0 Å². The normalized spacial score (nSPS) is 12.7. The van der Waals surface area contributed by atoms with E-state index in [0.29, 0.717) is 0 Å². The summed E-state index contributed by atoms with van der Waals surface area (Å²) in [6, 6.07) is 27.3. The molecule has 1 heteroatoms. The third-order valence-corrected chi connectivity index (χ3v) is 10.2. The van der Waals surface area contributed by atoms with Gasteiger partial charge in [0.2, 0.25) is 0 Å². The van der Waals surface area contributed by atoms with Gasteiger partial charge in [0.15, 0.2) is 0 Å². The maximum absolute atomic E-state index is 2.52. The summed E-state index contributed by atoms with van der Waals surface area (Å²) in [4.78, 5) is 0. The lowest BCUT2D eigenvalue weighted by atomic mass is 9.91. The molecule has 0 heterocycles. The number of unbranched alkanes of at least 4 members (excludes halogenated alkanes) is 1. The highest BCUT2D eigenvalue weighted by molar-refractivity contribution is 7.69. The van der Waals surface area contributed by atoms with Crippen LogP contribution in [0.3, 0.4) is 0 Å². The molecular formula is C32H39P. The topological polar surface area (TPSA) is 0 Å². The molecule has 0 aliphatic heterocycles. The van der Waals surface area contributed by atoms with E-state index >= 15 is 0 Å². The monoisotopic (exact) mass is 454 g/mol. The Bertz CT molecular complexity index is 1250. The van der Waals surface area contributed by atoms with Crippen LogP contribution < -0.4 is 5.30 Å². The van der Waals surface area contributed by atoms with Crippen LogP contribution in [0.1, 0.15) is 66.9 Å². The third kappa shape index (κ3) is 4.74. The molecule has 0 amide bonds. The molecule has 0 fully saturated rings. The van der Waals surface area contributed by atoms with Crippen molar-refractivity contribution in [3.05, 3.63) is 78.4 Å². The Hall–Kier alpha value is -2.17. The van der Waals surface area contributed by atoms with Gasteiger partial charge in [0, 0.05) is 0 Å². The molecule has 0 spiro atoms. The lowest BCUT2D eigenvalue weighted by Crippen LogP contribution is -2.33. The van der Waals surface area contributed by atoms with Crippen molar-refractivity contribution in [1.82, 2.24) is 0 Å². The van der Waals surface area contributed by atoms with Gasteiger partial charge < -0.3 is 0 Å². The molecule has 4 rings (SSSR count). The van der Waals surface area contributed by atoms with Gasteiger partial charge in [-0.1, -0.05) is 136 Å². The zero-order valence-electron chi connectivity index (χ0n) is 21.5. The van der Waals surface area contributed by atoms with Crippen LogP contribution in [0.25, 0.3) is 32.7 Å². The molecule has 172 valence electrons. The fourth-order valence-electron chi connectivity index (χ4n) is 5.60. The third-order valence-electron chi connectivity index (χ3n) is 6.52. The van der Waals surface area contributed by atoms with E-state index in [1.54, 1.807) is 10.9 Å². The number of hydrogen-bond acceptors (Lipinski definition) is 0. The fraction of sp³-hybridized carbons (Fsp3) is 0.375. The first-order chi connectivity index (χ1) is 15.6. The van der Waals surface area contributed by atoms with E-state index in [-0.39, 0.29) is 10.3 Å². The predicted octanol–water partition coefficient (Wildman–Crippen LogP) is 9.71. The van der Waals surface area contributed by atoms with Crippen molar-refractivity contribution in [2.45, 2.75) is 78.0 Å². The second-order valence-electron chi connectivity index (χ2n) is 11.3. The molecule has 0 atom stereocenters. The smallest absolute Gasteiger partial charge is 0.00190 e. The van der Waals surface area contributed by atoms with Crippen molar-refractivity contribution >= 4 is 34.8 Å². The summed E-state index contributed by atoms with van der Waals surface area (Å²) < 4.78 is 0. The van der Waals surface area contributed by atoms with E-state index in [0.717, 1.165) is 6.42 Å². The van der Waals surface area contributed by atoms with Crippen LogP contribution >= 0.6 is 7.92 Å². The van der Waals surface area contributed by atoms with Gasteiger partial charge in [-0.05, 0) is 66.7 Å². The van der Waals surface area contributed by atoms with Gasteiger partial charge in [-0.25, -0.2) is 0 Å². The van der Waals surface area contributed by atoms with E-state index in [2.05, 4.69) is 121 Å². The van der Waals surface area contributed by atoms with Gasteiger partial charge in [0.05, 0.1) is 0 Å². The summed E-state index contributed by atoms with van der Waals surface area (Å²) in [6.07, 6.45) is 3.61. The number of hydrogen-bond donors (Lipinski definition) is 0. The highest BCUT2D eigenvalue weighted by Crippen LogP contribution is 2.61.